The Morgan fingerprint density at radius 2 is 2.09 bits per heavy atom. The van der Waals surface area contributed by atoms with Crippen molar-refractivity contribution in [1.82, 2.24) is 10.2 Å². The lowest BCUT2D eigenvalue weighted by Gasteiger charge is -2.23. The van der Waals surface area contributed by atoms with Gasteiger partial charge in [-0.2, -0.15) is 0 Å². The van der Waals surface area contributed by atoms with Crippen LogP contribution in [-0.4, -0.2) is 42.2 Å². The number of amides is 2. The van der Waals surface area contributed by atoms with Gasteiger partial charge in [0.15, 0.2) is 0 Å². The van der Waals surface area contributed by atoms with Crippen LogP contribution in [0.2, 0.25) is 0 Å². The molecule has 0 aliphatic carbocycles. The number of carboxylic acid groups (broad SMARTS) is 1. The maximum atomic E-state index is 12.3. The van der Waals surface area contributed by atoms with Crippen LogP contribution in [0.3, 0.4) is 0 Å². The van der Waals surface area contributed by atoms with E-state index in [1.807, 2.05) is 31.2 Å². The zero-order valence-electron chi connectivity index (χ0n) is 12.9. The summed E-state index contributed by atoms with van der Waals surface area (Å²) in [5, 5.41) is 12.0. The first-order valence-corrected chi connectivity index (χ1v) is 7.47. The molecule has 1 heterocycles. The normalized spacial score (nSPS) is 18.8. The molecule has 1 saturated heterocycles. The Kier molecular flexibility index (Phi) is 5.25. The quantitative estimate of drug-likeness (QED) is 0.874. The van der Waals surface area contributed by atoms with Crippen LogP contribution in [0.15, 0.2) is 24.3 Å². The number of nitrogens with zero attached hydrogens (tertiary/aromatic N) is 1. The lowest BCUT2D eigenvalue weighted by Crippen LogP contribution is -2.40. The van der Waals surface area contributed by atoms with Gasteiger partial charge >= 0.3 is 12.0 Å². The number of carbonyl (C=O) groups is 2. The summed E-state index contributed by atoms with van der Waals surface area (Å²) in [5.74, 6) is -0.516. The van der Waals surface area contributed by atoms with Crippen LogP contribution < -0.4 is 10.1 Å². The number of nitrogens with one attached hydrogen (secondary N) is 1. The molecule has 1 aromatic carbocycles. The van der Waals surface area contributed by atoms with E-state index >= 15 is 0 Å². The standard InChI is InChI=1S/C16H22N2O4/c1-3-14(11-4-6-13(22-2)7-5-11)17-16(21)18-9-8-12(10-18)15(19)20/h4-7,12,14H,3,8-10H2,1-2H3,(H,17,21)(H,19,20). The summed E-state index contributed by atoms with van der Waals surface area (Å²) >= 11 is 0. The number of benzene rings is 1. The van der Waals surface area contributed by atoms with Gasteiger partial charge in [0.05, 0.1) is 19.1 Å². The highest BCUT2D eigenvalue weighted by Crippen LogP contribution is 2.22. The number of urea groups is 1. The van der Waals surface area contributed by atoms with Crippen LogP contribution in [0, 0.1) is 5.92 Å². The Hall–Kier alpha value is -2.24. The summed E-state index contributed by atoms with van der Waals surface area (Å²) in [6, 6.07) is 7.28. The average Bonchev–Trinajstić information content (AvgIpc) is 3.03. The van der Waals surface area contributed by atoms with E-state index in [4.69, 9.17) is 9.84 Å². The highest BCUT2D eigenvalue weighted by molar-refractivity contribution is 5.77. The molecule has 0 saturated carbocycles. The van der Waals surface area contributed by atoms with Gasteiger partial charge in [-0.05, 0) is 30.5 Å². The van der Waals surface area contributed by atoms with Crippen molar-refractivity contribution in [1.29, 1.82) is 0 Å². The zero-order valence-corrected chi connectivity index (χ0v) is 12.9. The minimum atomic E-state index is -0.836. The van der Waals surface area contributed by atoms with Gasteiger partial charge in [-0.15, -0.1) is 0 Å². The Labute approximate surface area is 130 Å². The molecule has 2 rings (SSSR count). The van der Waals surface area contributed by atoms with Crippen molar-refractivity contribution in [2.45, 2.75) is 25.8 Å². The van der Waals surface area contributed by atoms with E-state index in [2.05, 4.69) is 5.32 Å². The van der Waals surface area contributed by atoms with Gasteiger partial charge in [-0.1, -0.05) is 19.1 Å². The summed E-state index contributed by atoms with van der Waals surface area (Å²) in [6.07, 6.45) is 1.27. The molecular weight excluding hydrogens is 284 g/mol. The Morgan fingerprint density at radius 1 is 1.41 bits per heavy atom. The third kappa shape index (κ3) is 3.69. The summed E-state index contributed by atoms with van der Waals surface area (Å²) in [6.45, 7) is 2.77. The maximum Gasteiger partial charge on any atom is 0.317 e. The van der Waals surface area contributed by atoms with Crippen LogP contribution in [0.1, 0.15) is 31.4 Å². The second-order valence-corrected chi connectivity index (χ2v) is 5.45. The molecule has 22 heavy (non-hydrogen) atoms. The van der Waals surface area contributed by atoms with Gasteiger partial charge in [-0.3, -0.25) is 4.79 Å². The number of aliphatic carboxylic acids is 1. The van der Waals surface area contributed by atoms with E-state index in [1.165, 1.54) is 0 Å². The summed E-state index contributed by atoms with van der Waals surface area (Å²) < 4.78 is 5.13. The largest absolute Gasteiger partial charge is 0.497 e. The number of ether oxygens (including phenoxy) is 1. The number of likely N-dealkylation sites (tertiary alicyclic amines) is 1. The molecule has 1 aromatic rings. The van der Waals surface area contributed by atoms with Gasteiger partial charge < -0.3 is 20.1 Å². The topological polar surface area (TPSA) is 78.9 Å². The average molecular weight is 306 g/mol. The van der Waals surface area contributed by atoms with Crippen molar-refractivity contribution in [3.05, 3.63) is 29.8 Å². The molecule has 2 unspecified atom stereocenters. The molecule has 2 N–H and O–H groups in total. The molecule has 1 aliphatic rings. The highest BCUT2D eigenvalue weighted by Gasteiger charge is 2.31. The molecule has 120 valence electrons. The van der Waals surface area contributed by atoms with E-state index in [9.17, 15) is 9.59 Å². The number of hydrogen-bond acceptors (Lipinski definition) is 3. The van der Waals surface area contributed by atoms with E-state index in [-0.39, 0.29) is 18.6 Å². The summed E-state index contributed by atoms with van der Waals surface area (Å²) in [4.78, 5) is 24.8. The molecule has 0 radical (unpaired) electrons. The minimum Gasteiger partial charge on any atom is -0.497 e. The minimum absolute atomic E-state index is 0.0951. The number of hydrogen-bond donors (Lipinski definition) is 2. The molecule has 6 nitrogen and oxygen atoms in total. The van der Waals surface area contributed by atoms with E-state index in [1.54, 1.807) is 12.0 Å². The fraction of sp³-hybridized carbons (Fsp3) is 0.500. The molecule has 0 aromatic heterocycles. The molecule has 0 spiro atoms. The van der Waals surface area contributed by atoms with Crippen molar-refractivity contribution in [2.24, 2.45) is 5.92 Å². The first-order chi connectivity index (χ1) is 10.5. The fourth-order valence-electron chi connectivity index (χ4n) is 2.64. The van der Waals surface area contributed by atoms with Gasteiger partial charge in [-0.25, -0.2) is 4.79 Å². The van der Waals surface area contributed by atoms with Crippen LogP contribution in [0.4, 0.5) is 4.79 Å². The Morgan fingerprint density at radius 3 is 2.59 bits per heavy atom. The second-order valence-electron chi connectivity index (χ2n) is 5.45. The van der Waals surface area contributed by atoms with Crippen LogP contribution in [0.25, 0.3) is 0 Å². The first kappa shape index (κ1) is 16.1. The van der Waals surface area contributed by atoms with E-state index in [0.29, 0.717) is 13.0 Å². The third-order valence-electron chi connectivity index (χ3n) is 4.05. The number of methoxy groups -OCH3 is 1. The van der Waals surface area contributed by atoms with Gasteiger partial charge in [0.2, 0.25) is 0 Å². The monoisotopic (exact) mass is 306 g/mol. The number of carbonyl (C=O) groups excluding carboxylic acids is 1. The van der Waals surface area contributed by atoms with Crippen LogP contribution >= 0.6 is 0 Å². The molecule has 2 amide bonds. The van der Waals surface area contributed by atoms with Crippen molar-refractivity contribution in [3.8, 4) is 5.75 Å². The lowest BCUT2D eigenvalue weighted by atomic mass is 10.0. The van der Waals surface area contributed by atoms with Gasteiger partial charge in [0.1, 0.15) is 5.75 Å². The predicted octanol–water partition coefficient (Wildman–Crippen LogP) is 2.26. The smallest absolute Gasteiger partial charge is 0.317 e. The maximum absolute atomic E-state index is 12.3. The van der Waals surface area contributed by atoms with Crippen molar-refractivity contribution < 1.29 is 19.4 Å². The van der Waals surface area contributed by atoms with E-state index < -0.39 is 11.9 Å². The van der Waals surface area contributed by atoms with Crippen LogP contribution in [0.5, 0.6) is 5.75 Å². The molecule has 2 atom stereocenters. The molecule has 1 fully saturated rings. The number of rotatable bonds is 5. The molecule has 1 aliphatic heterocycles. The SMILES string of the molecule is CCC(NC(=O)N1CCC(C(=O)O)C1)c1ccc(OC)cc1. The zero-order chi connectivity index (χ0) is 16.1. The fourth-order valence-corrected chi connectivity index (χ4v) is 2.64. The molecule has 0 bridgehead atoms. The predicted molar refractivity (Wildman–Crippen MR) is 81.9 cm³/mol. The lowest BCUT2D eigenvalue weighted by molar-refractivity contribution is -0.141. The summed E-state index contributed by atoms with van der Waals surface area (Å²) in [5.41, 5.74) is 1.01. The molecule has 6 heteroatoms. The van der Waals surface area contributed by atoms with Crippen molar-refractivity contribution >= 4 is 12.0 Å². The molecular formula is C16H22N2O4. The second kappa shape index (κ2) is 7.15. The first-order valence-electron chi connectivity index (χ1n) is 7.47. The number of carboxylic acids is 1. The van der Waals surface area contributed by atoms with Gasteiger partial charge in [0.25, 0.3) is 0 Å². The third-order valence-corrected chi connectivity index (χ3v) is 4.05. The van der Waals surface area contributed by atoms with Crippen LogP contribution in [-0.2, 0) is 4.79 Å². The Balaban J connectivity index is 1.97. The Bertz CT molecular complexity index is 529. The van der Waals surface area contributed by atoms with Crippen molar-refractivity contribution in [2.75, 3.05) is 20.2 Å². The highest BCUT2D eigenvalue weighted by atomic mass is 16.5. The summed E-state index contributed by atoms with van der Waals surface area (Å²) in [7, 11) is 1.61. The van der Waals surface area contributed by atoms with Crippen molar-refractivity contribution in [3.63, 3.8) is 0 Å². The van der Waals surface area contributed by atoms with Gasteiger partial charge in [0, 0.05) is 13.1 Å². The van der Waals surface area contributed by atoms with E-state index in [0.717, 1.165) is 17.7 Å².